The molecule has 0 bridgehead atoms. The predicted molar refractivity (Wildman–Crippen MR) is 78.5 cm³/mol. The van der Waals surface area contributed by atoms with Gasteiger partial charge in [0.1, 0.15) is 5.75 Å². The standard InChI is InChI=1S/C16H26N2O/c1-11-10-18-15(12(2)16(11)19-3)9-13-7-5-4-6-8-14(13)17/h10,13-14H,4-9,17H2,1-3H3. The van der Waals surface area contributed by atoms with E-state index in [1.165, 1.54) is 31.2 Å². The van der Waals surface area contributed by atoms with Gasteiger partial charge in [-0.25, -0.2) is 0 Å². The van der Waals surface area contributed by atoms with E-state index < -0.39 is 0 Å². The largest absolute Gasteiger partial charge is 0.496 e. The van der Waals surface area contributed by atoms with Gasteiger partial charge in [-0.15, -0.1) is 0 Å². The van der Waals surface area contributed by atoms with Gasteiger partial charge in [0.15, 0.2) is 0 Å². The Hall–Kier alpha value is -1.09. The molecular formula is C16H26N2O. The van der Waals surface area contributed by atoms with Crippen molar-refractivity contribution in [3.63, 3.8) is 0 Å². The van der Waals surface area contributed by atoms with Gasteiger partial charge in [-0.1, -0.05) is 19.3 Å². The molecule has 19 heavy (non-hydrogen) atoms. The van der Waals surface area contributed by atoms with E-state index in [4.69, 9.17) is 10.5 Å². The van der Waals surface area contributed by atoms with Crippen LogP contribution in [0.15, 0.2) is 6.20 Å². The van der Waals surface area contributed by atoms with Crippen LogP contribution in [0.25, 0.3) is 0 Å². The highest BCUT2D eigenvalue weighted by atomic mass is 16.5. The Balaban J connectivity index is 2.18. The number of methoxy groups -OCH3 is 1. The quantitative estimate of drug-likeness (QED) is 0.851. The summed E-state index contributed by atoms with van der Waals surface area (Å²) in [4.78, 5) is 4.61. The molecule has 0 spiro atoms. The van der Waals surface area contributed by atoms with Crippen molar-refractivity contribution in [3.8, 4) is 5.75 Å². The van der Waals surface area contributed by atoms with Gasteiger partial charge in [0, 0.05) is 29.1 Å². The van der Waals surface area contributed by atoms with Crippen molar-refractivity contribution < 1.29 is 4.74 Å². The van der Waals surface area contributed by atoms with E-state index in [0.29, 0.717) is 12.0 Å². The maximum atomic E-state index is 6.32. The Morgan fingerprint density at radius 1 is 1.26 bits per heavy atom. The SMILES string of the molecule is COc1c(C)cnc(CC2CCCCCC2N)c1C. The molecule has 1 aliphatic carbocycles. The minimum Gasteiger partial charge on any atom is -0.496 e. The zero-order valence-corrected chi connectivity index (χ0v) is 12.4. The Labute approximate surface area is 116 Å². The van der Waals surface area contributed by atoms with Crippen LogP contribution in [0, 0.1) is 19.8 Å². The summed E-state index contributed by atoms with van der Waals surface area (Å²) in [6, 6.07) is 0.330. The molecule has 1 heterocycles. The fourth-order valence-corrected chi connectivity index (χ4v) is 3.19. The van der Waals surface area contributed by atoms with Crippen LogP contribution in [0.4, 0.5) is 0 Å². The average Bonchev–Trinajstić information content (AvgIpc) is 2.59. The molecule has 1 aromatic rings. The predicted octanol–water partition coefficient (Wildman–Crippen LogP) is 3.16. The van der Waals surface area contributed by atoms with Crippen LogP contribution < -0.4 is 10.5 Å². The van der Waals surface area contributed by atoms with E-state index in [0.717, 1.165) is 29.8 Å². The lowest BCUT2D eigenvalue weighted by atomic mass is 9.89. The maximum Gasteiger partial charge on any atom is 0.128 e. The smallest absolute Gasteiger partial charge is 0.128 e. The van der Waals surface area contributed by atoms with Crippen molar-refractivity contribution in [2.75, 3.05) is 7.11 Å². The summed E-state index contributed by atoms with van der Waals surface area (Å²) in [7, 11) is 1.73. The summed E-state index contributed by atoms with van der Waals surface area (Å²) in [6.45, 7) is 4.15. The van der Waals surface area contributed by atoms with Crippen LogP contribution in [0.2, 0.25) is 0 Å². The van der Waals surface area contributed by atoms with Crippen molar-refractivity contribution in [1.82, 2.24) is 4.98 Å². The van der Waals surface area contributed by atoms with E-state index in [2.05, 4.69) is 11.9 Å². The van der Waals surface area contributed by atoms with Crippen molar-refractivity contribution >= 4 is 0 Å². The zero-order valence-electron chi connectivity index (χ0n) is 12.4. The number of hydrogen-bond acceptors (Lipinski definition) is 3. The second-order valence-electron chi connectivity index (χ2n) is 5.81. The van der Waals surface area contributed by atoms with Crippen molar-refractivity contribution in [2.45, 2.75) is 58.4 Å². The first kappa shape index (κ1) is 14.3. The summed E-state index contributed by atoms with van der Waals surface area (Å²) in [5.74, 6) is 1.55. The molecule has 3 nitrogen and oxygen atoms in total. The summed E-state index contributed by atoms with van der Waals surface area (Å²) in [5.41, 5.74) is 9.76. The third kappa shape index (κ3) is 3.27. The number of pyridine rings is 1. The van der Waals surface area contributed by atoms with Crippen LogP contribution in [0.3, 0.4) is 0 Å². The molecule has 1 aliphatic rings. The maximum absolute atomic E-state index is 6.32. The van der Waals surface area contributed by atoms with Crippen LogP contribution in [-0.2, 0) is 6.42 Å². The number of rotatable bonds is 3. The molecule has 2 atom stereocenters. The normalized spacial score (nSPS) is 24.0. The summed E-state index contributed by atoms with van der Waals surface area (Å²) in [6.07, 6.45) is 9.22. The number of hydrogen-bond donors (Lipinski definition) is 1. The molecule has 0 saturated heterocycles. The molecular weight excluding hydrogens is 236 g/mol. The van der Waals surface area contributed by atoms with Crippen molar-refractivity contribution in [2.24, 2.45) is 11.7 Å². The molecule has 2 rings (SSSR count). The zero-order chi connectivity index (χ0) is 13.8. The number of aryl methyl sites for hydroxylation is 1. The fraction of sp³-hybridized carbons (Fsp3) is 0.688. The van der Waals surface area contributed by atoms with Gasteiger partial charge in [-0.2, -0.15) is 0 Å². The van der Waals surface area contributed by atoms with Gasteiger partial charge in [-0.3, -0.25) is 4.98 Å². The van der Waals surface area contributed by atoms with Crippen LogP contribution >= 0.6 is 0 Å². The van der Waals surface area contributed by atoms with E-state index in [1.807, 2.05) is 13.1 Å². The van der Waals surface area contributed by atoms with Crippen LogP contribution in [0.5, 0.6) is 5.75 Å². The molecule has 0 amide bonds. The van der Waals surface area contributed by atoms with Crippen molar-refractivity contribution in [3.05, 3.63) is 23.0 Å². The topological polar surface area (TPSA) is 48.1 Å². The second-order valence-corrected chi connectivity index (χ2v) is 5.81. The highest BCUT2D eigenvalue weighted by Crippen LogP contribution is 2.29. The Bertz CT molecular complexity index is 431. The lowest BCUT2D eigenvalue weighted by Gasteiger charge is -2.22. The molecule has 1 fully saturated rings. The van der Waals surface area contributed by atoms with Gasteiger partial charge >= 0.3 is 0 Å². The first-order chi connectivity index (χ1) is 9.13. The Morgan fingerprint density at radius 3 is 2.74 bits per heavy atom. The molecule has 0 aromatic carbocycles. The van der Waals surface area contributed by atoms with Crippen LogP contribution in [0.1, 0.15) is 48.9 Å². The first-order valence-electron chi connectivity index (χ1n) is 7.38. The van der Waals surface area contributed by atoms with E-state index in [1.54, 1.807) is 7.11 Å². The van der Waals surface area contributed by atoms with Gasteiger partial charge in [-0.05, 0) is 39.0 Å². The minimum atomic E-state index is 0.330. The summed E-state index contributed by atoms with van der Waals surface area (Å²) in [5, 5.41) is 0. The highest BCUT2D eigenvalue weighted by molar-refractivity contribution is 5.41. The fourth-order valence-electron chi connectivity index (χ4n) is 3.19. The van der Waals surface area contributed by atoms with E-state index >= 15 is 0 Å². The monoisotopic (exact) mass is 262 g/mol. The summed E-state index contributed by atoms with van der Waals surface area (Å²) >= 11 is 0. The highest BCUT2D eigenvalue weighted by Gasteiger charge is 2.22. The first-order valence-corrected chi connectivity index (χ1v) is 7.38. The number of ether oxygens (including phenoxy) is 1. The third-order valence-electron chi connectivity index (χ3n) is 4.42. The molecule has 1 aromatic heterocycles. The lowest BCUT2D eigenvalue weighted by Crippen LogP contribution is -2.30. The second kappa shape index (κ2) is 6.38. The third-order valence-corrected chi connectivity index (χ3v) is 4.42. The Kier molecular flexibility index (Phi) is 4.81. The summed E-state index contributed by atoms with van der Waals surface area (Å²) < 4.78 is 5.49. The van der Waals surface area contributed by atoms with Gasteiger partial charge in [0.05, 0.1) is 7.11 Å². The number of nitrogens with zero attached hydrogens (tertiary/aromatic N) is 1. The molecule has 1 saturated carbocycles. The molecule has 0 radical (unpaired) electrons. The number of nitrogens with two attached hydrogens (primary N) is 1. The van der Waals surface area contributed by atoms with Crippen LogP contribution in [-0.4, -0.2) is 18.1 Å². The average molecular weight is 262 g/mol. The van der Waals surface area contributed by atoms with Gasteiger partial charge in [0.2, 0.25) is 0 Å². The van der Waals surface area contributed by atoms with Crippen molar-refractivity contribution in [1.29, 1.82) is 0 Å². The molecule has 106 valence electrons. The lowest BCUT2D eigenvalue weighted by molar-refractivity contribution is 0.385. The molecule has 2 N–H and O–H groups in total. The molecule has 2 unspecified atom stereocenters. The van der Waals surface area contributed by atoms with Gasteiger partial charge in [0.25, 0.3) is 0 Å². The minimum absolute atomic E-state index is 0.330. The van der Waals surface area contributed by atoms with E-state index in [-0.39, 0.29) is 0 Å². The van der Waals surface area contributed by atoms with E-state index in [9.17, 15) is 0 Å². The molecule has 3 heteroatoms. The Morgan fingerprint density at radius 2 is 2.00 bits per heavy atom. The van der Waals surface area contributed by atoms with Gasteiger partial charge < -0.3 is 10.5 Å². The number of aromatic nitrogens is 1. The molecule has 0 aliphatic heterocycles.